The minimum absolute atomic E-state index is 0.0684. The molecule has 0 amide bonds. The number of fused-ring (bicyclic) bond motifs is 2. The largest absolute Gasteiger partial charge is 0.347 e. The summed E-state index contributed by atoms with van der Waals surface area (Å²) in [7, 11) is 2.07. The molecule has 0 saturated heterocycles. The maximum atomic E-state index is 13.3. The Morgan fingerprint density at radius 3 is 2.27 bits per heavy atom. The van der Waals surface area contributed by atoms with Gasteiger partial charge >= 0.3 is 0 Å². The zero-order valence-electron chi connectivity index (χ0n) is 16.9. The Kier molecular flexibility index (Phi) is 4.32. The van der Waals surface area contributed by atoms with Gasteiger partial charge in [0, 0.05) is 29.2 Å². The molecule has 146 valence electrons. The van der Waals surface area contributed by atoms with Gasteiger partial charge in [-0.05, 0) is 49.4 Å². The molecular weight excluding hydrogens is 370 g/mol. The molecule has 4 heteroatoms. The lowest BCUT2D eigenvalue weighted by Gasteiger charge is -2.11. The van der Waals surface area contributed by atoms with E-state index in [1.165, 1.54) is 16.6 Å². The van der Waals surface area contributed by atoms with E-state index in [-0.39, 0.29) is 5.56 Å². The van der Waals surface area contributed by atoms with Crippen LogP contribution in [-0.2, 0) is 7.05 Å². The second kappa shape index (κ2) is 7.16. The van der Waals surface area contributed by atoms with E-state index in [2.05, 4.69) is 36.7 Å². The van der Waals surface area contributed by atoms with Gasteiger partial charge in [-0.2, -0.15) is 0 Å². The average molecular weight is 391 g/mol. The molecule has 0 aliphatic heterocycles. The molecule has 30 heavy (non-hydrogen) atoms. The van der Waals surface area contributed by atoms with E-state index in [0.29, 0.717) is 16.7 Å². The number of benzene rings is 3. The zero-order chi connectivity index (χ0) is 20.7. The van der Waals surface area contributed by atoms with Crippen LogP contribution in [0.3, 0.4) is 0 Å². The van der Waals surface area contributed by atoms with Crippen LogP contribution in [-0.4, -0.2) is 14.1 Å². The van der Waals surface area contributed by atoms with E-state index < -0.39 is 0 Å². The zero-order valence-corrected chi connectivity index (χ0v) is 16.9. The minimum atomic E-state index is -0.0684. The van der Waals surface area contributed by atoms with Crippen molar-refractivity contribution >= 4 is 34.0 Å². The monoisotopic (exact) mass is 391 g/mol. The highest BCUT2D eigenvalue weighted by atomic mass is 16.1. The fraction of sp³-hybridized carbons (Fsp3) is 0.0769. The Balaban J connectivity index is 1.76. The van der Waals surface area contributed by atoms with E-state index in [0.717, 1.165) is 11.3 Å². The third kappa shape index (κ3) is 2.85. The topological polar surface area (TPSA) is 39.8 Å². The van der Waals surface area contributed by atoms with Crippen molar-refractivity contribution in [3.63, 3.8) is 0 Å². The van der Waals surface area contributed by atoms with Crippen molar-refractivity contribution in [1.82, 2.24) is 14.1 Å². The smallest absolute Gasteiger partial charge is 0.266 e. The number of rotatable bonds is 3. The first-order valence-electron chi connectivity index (χ1n) is 9.94. The molecule has 0 aliphatic rings. The molecule has 0 radical (unpaired) electrons. The minimum Gasteiger partial charge on any atom is -0.347 e. The van der Waals surface area contributed by atoms with Gasteiger partial charge < -0.3 is 4.57 Å². The molecule has 0 unspecified atom stereocenters. The van der Waals surface area contributed by atoms with Crippen LogP contribution >= 0.6 is 0 Å². The number of nitrogens with zero attached hydrogens (tertiary/aromatic N) is 3. The van der Waals surface area contributed by atoms with Crippen LogP contribution < -0.4 is 5.56 Å². The third-order valence-corrected chi connectivity index (χ3v) is 5.66. The van der Waals surface area contributed by atoms with Crippen LogP contribution in [0.2, 0.25) is 0 Å². The average Bonchev–Trinajstić information content (AvgIpc) is 3.03. The summed E-state index contributed by atoms with van der Waals surface area (Å²) in [5, 5.41) is 1.79. The summed E-state index contributed by atoms with van der Waals surface area (Å²) in [4.78, 5) is 18.1. The van der Waals surface area contributed by atoms with Crippen molar-refractivity contribution in [2.24, 2.45) is 7.05 Å². The molecule has 2 aromatic heterocycles. The Morgan fingerprint density at radius 1 is 0.800 bits per heavy atom. The molecule has 4 nitrogen and oxygen atoms in total. The highest BCUT2D eigenvalue weighted by molar-refractivity contribution is 5.93. The van der Waals surface area contributed by atoms with Gasteiger partial charge in [-0.25, -0.2) is 4.98 Å². The fourth-order valence-corrected chi connectivity index (χ4v) is 4.01. The van der Waals surface area contributed by atoms with E-state index in [1.54, 1.807) is 4.57 Å². The van der Waals surface area contributed by atoms with Crippen molar-refractivity contribution in [2.75, 3.05) is 0 Å². The van der Waals surface area contributed by atoms with Crippen LogP contribution in [0.25, 0.3) is 39.6 Å². The molecule has 5 rings (SSSR count). The Morgan fingerprint density at radius 2 is 1.47 bits per heavy atom. The molecule has 5 aromatic rings. The number of aromatic nitrogens is 3. The van der Waals surface area contributed by atoms with Gasteiger partial charge in [-0.1, -0.05) is 48.5 Å². The SMILES string of the molecule is Cc1c(/C=C/c2nc3ccccc3c(=O)n2-c2ccccc2)c2ccccc2n1C. The van der Waals surface area contributed by atoms with Gasteiger partial charge in [0.05, 0.1) is 16.6 Å². The lowest BCUT2D eigenvalue weighted by Crippen LogP contribution is -2.22. The molecule has 0 N–H and O–H groups in total. The van der Waals surface area contributed by atoms with E-state index in [4.69, 9.17) is 4.98 Å². The number of para-hydroxylation sites is 3. The molecule has 0 fully saturated rings. The second-order valence-electron chi connectivity index (χ2n) is 7.37. The maximum Gasteiger partial charge on any atom is 0.266 e. The Hall–Kier alpha value is -3.92. The van der Waals surface area contributed by atoms with Crippen molar-refractivity contribution in [2.45, 2.75) is 6.92 Å². The molecule has 2 heterocycles. The van der Waals surface area contributed by atoms with Crippen LogP contribution in [0.15, 0.2) is 83.7 Å². The summed E-state index contributed by atoms with van der Waals surface area (Å²) >= 11 is 0. The molecule has 0 atom stereocenters. The fourth-order valence-electron chi connectivity index (χ4n) is 4.01. The van der Waals surface area contributed by atoms with Crippen molar-refractivity contribution < 1.29 is 0 Å². The van der Waals surface area contributed by atoms with Gasteiger partial charge in [0.1, 0.15) is 5.82 Å². The van der Waals surface area contributed by atoms with Crippen LogP contribution in [0.5, 0.6) is 0 Å². The summed E-state index contributed by atoms with van der Waals surface area (Å²) in [6, 6.07) is 25.5. The molecule has 0 aliphatic carbocycles. The number of aryl methyl sites for hydroxylation is 1. The molecule has 3 aromatic carbocycles. The standard InChI is InChI=1S/C26H21N3O/c1-18-20(21-12-7-9-15-24(21)28(18)2)16-17-25-27-23-14-8-6-13-22(23)26(30)29(25)19-10-4-3-5-11-19/h3-17H,1-2H3/b17-16+. The lowest BCUT2D eigenvalue weighted by molar-refractivity contribution is 0.916. The molecular formula is C26H21N3O. The third-order valence-electron chi connectivity index (χ3n) is 5.66. The van der Waals surface area contributed by atoms with Gasteiger partial charge in [-0.15, -0.1) is 0 Å². The first-order valence-corrected chi connectivity index (χ1v) is 9.94. The first-order chi connectivity index (χ1) is 14.6. The number of hydrogen-bond acceptors (Lipinski definition) is 2. The highest BCUT2D eigenvalue weighted by Crippen LogP contribution is 2.26. The van der Waals surface area contributed by atoms with Crippen molar-refractivity contribution in [3.05, 3.63) is 106 Å². The second-order valence-corrected chi connectivity index (χ2v) is 7.37. The van der Waals surface area contributed by atoms with Gasteiger partial charge in [-0.3, -0.25) is 9.36 Å². The van der Waals surface area contributed by atoms with Gasteiger partial charge in [0.2, 0.25) is 0 Å². The van der Waals surface area contributed by atoms with Gasteiger partial charge in [0.25, 0.3) is 5.56 Å². The Labute approximate surface area is 174 Å². The Bertz CT molecular complexity index is 1470. The summed E-state index contributed by atoms with van der Waals surface area (Å²) in [6.07, 6.45) is 4.00. The number of hydrogen-bond donors (Lipinski definition) is 0. The van der Waals surface area contributed by atoms with Crippen LogP contribution in [0, 0.1) is 6.92 Å². The van der Waals surface area contributed by atoms with E-state index in [9.17, 15) is 4.79 Å². The van der Waals surface area contributed by atoms with Crippen molar-refractivity contribution in [3.8, 4) is 5.69 Å². The van der Waals surface area contributed by atoms with Crippen LogP contribution in [0.4, 0.5) is 0 Å². The highest BCUT2D eigenvalue weighted by Gasteiger charge is 2.12. The summed E-state index contributed by atoms with van der Waals surface area (Å²) in [5.41, 5.74) is 4.92. The summed E-state index contributed by atoms with van der Waals surface area (Å²) in [5.74, 6) is 0.609. The summed E-state index contributed by atoms with van der Waals surface area (Å²) in [6.45, 7) is 2.11. The maximum absolute atomic E-state index is 13.3. The predicted molar refractivity (Wildman–Crippen MR) is 124 cm³/mol. The normalized spacial score (nSPS) is 11.7. The molecule has 0 saturated carbocycles. The summed E-state index contributed by atoms with van der Waals surface area (Å²) < 4.78 is 3.87. The van der Waals surface area contributed by atoms with Crippen molar-refractivity contribution in [1.29, 1.82) is 0 Å². The first kappa shape index (κ1) is 18.1. The molecule has 0 bridgehead atoms. The lowest BCUT2D eigenvalue weighted by atomic mass is 10.1. The predicted octanol–water partition coefficient (Wildman–Crippen LogP) is 5.36. The quantitative estimate of drug-likeness (QED) is 0.416. The van der Waals surface area contributed by atoms with Gasteiger partial charge in [0.15, 0.2) is 0 Å². The van der Waals surface area contributed by atoms with E-state index >= 15 is 0 Å². The molecule has 0 spiro atoms. The van der Waals surface area contributed by atoms with E-state index in [1.807, 2.05) is 72.8 Å². The van der Waals surface area contributed by atoms with Crippen LogP contribution in [0.1, 0.15) is 17.1 Å².